The lowest BCUT2D eigenvalue weighted by Crippen LogP contribution is -2.27. The Labute approximate surface area is 83.9 Å². The summed E-state index contributed by atoms with van der Waals surface area (Å²) in [4.78, 5) is 13.5. The SMILES string of the molecule is CCCCN(C)C(=O)c1cnoc1C. The highest BCUT2D eigenvalue weighted by Crippen LogP contribution is 2.09. The van der Waals surface area contributed by atoms with Gasteiger partial charge in [0.25, 0.3) is 5.91 Å². The topological polar surface area (TPSA) is 46.3 Å². The summed E-state index contributed by atoms with van der Waals surface area (Å²) in [7, 11) is 1.80. The van der Waals surface area contributed by atoms with Gasteiger partial charge in [-0.15, -0.1) is 0 Å². The van der Waals surface area contributed by atoms with Crippen LogP contribution >= 0.6 is 0 Å². The molecule has 0 N–H and O–H groups in total. The van der Waals surface area contributed by atoms with E-state index in [0.717, 1.165) is 19.4 Å². The number of unbranched alkanes of at least 4 members (excludes halogenated alkanes) is 1. The Kier molecular flexibility index (Phi) is 3.68. The molecule has 0 bridgehead atoms. The Hall–Kier alpha value is -1.32. The third-order valence-electron chi connectivity index (χ3n) is 2.17. The number of nitrogens with zero attached hydrogens (tertiary/aromatic N) is 2. The first-order chi connectivity index (χ1) is 6.66. The molecule has 0 radical (unpaired) electrons. The summed E-state index contributed by atoms with van der Waals surface area (Å²) in [6.07, 6.45) is 3.58. The molecule has 1 rings (SSSR count). The minimum atomic E-state index is -0.0165. The van der Waals surface area contributed by atoms with Crippen LogP contribution in [0, 0.1) is 6.92 Å². The number of carbonyl (C=O) groups is 1. The number of hydrogen-bond acceptors (Lipinski definition) is 3. The summed E-state index contributed by atoms with van der Waals surface area (Å²) >= 11 is 0. The molecule has 4 nitrogen and oxygen atoms in total. The normalized spacial score (nSPS) is 10.2. The molecule has 1 aromatic rings. The highest BCUT2D eigenvalue weighted by Gasteiger charge is 2.16. The van der Waals surface area contributed by atoms with Crippen LogP contribution < -0.4 is 0 Å². The fourth-order valence-electron chi connectivity index (χ4n) is 1.21. The van der Waals surface area contributed by atoms with Gasteiger partial charge < -0.3 is 9.42 Å². The summed E-state index contributed by atoms with van der Waals surface area (Å²) in [5.41, 5.74) is 0.559. The first-order valence-electron chi connectivity index (χ1n) is 4.83. The van der Waals surface area contributed by atoms with E-state index in [1.165, 1.54) is 6.20 Å². The Morgan fingerprint density at radius 2 is 2.36 bits per heavy atom. The second kappa shape index (κ2) is 4.79. The molecule has 0 spiro atoms. The maximum Gasteiger partial charge on any atom is 0.258 e. The van der Waals surface area contributed by atoms with E-state index < -0.39 is 0 Å². The van der Waals surface area contributed by atoms with Gasteiger partial charge in [-0.05, 0) is 13.3 Å². The van der Waals surface area contributed by atoms with E-state index in [4.69, 9.17) is 4.52 Å². The summed E-state index contributed by atoms with van der Waals surface area (Å²) in [5, 5.41) is 3.58. The van der Waals surface area contributed by atoms with E-state index in [0.29, 0.717) is 11.3 Å². The summed E-state index contributed by atoms with van der Waals surface area (Å²) in [6, 6.07) is 0. The zero-order valence-corrected chi connectivity index (χ0v) is 8.91. The third kappa shape index (κ3) is 2.34. The van der Waals surface area contributed by atoms with E-state index in [2.05, 4.69) is 12.1 Å². The first-order valence-corrected chi connectivity index (χ1v) is 4.83. The van der Waals surface area contributed by atoms with E-state index in [1.807, 2.05) is 0 Å². The second-order valence-electron chi connectivity index (χ2n) is 3.38. The fourth-order valence-corrected chi connectivity index (χ4v) is 1.21. The number of aromatic nitrogens is 1. The third-order valence-corrected chi connectivity index (χ3v) is 2.17. The van der Waals surface area contributed by atoms with Crippen molar-refractivity contribution in [2.24, 2.45) is 0 Å². The molecule has 0 saturated carbocycles. The van der Waals surface area contributed by atoms with E-state index in [1.54, 1.807) is 18.9 Å². The van der Waals surface area contributed by atoms with Crippen molar-refractivity contribution < 1.29 is 9.32 Å². The molecule has 0 aliphatic rings. The molecular weight excluding hydrogens is 180 g/mol. The van der Waals surface area contributed by atoms with Crippen molar-refractivity contribution in [2.45, 2.75) is 26.7 Å². The lowest BCUT2D eigenvalue weighted by Gasteiger charge is -2.15. The van der Waals surface area contributed by atoms with Gasteiger partial charge in [0.15, 0.2) is 0 Å². The molecule has 0 aliphatic carbocycles. The molecule has 0 fully saturated rings. The van der Waals surface area contributed by atoms with Gasteiger partial charge in [0.2, 0.25) is 0 Å². The van der Waals surface area contributed by atoms with Crippen LogP contribution in [0.25, 0.3) is 0 Å². The van der Waals surface area contributed by atoms with E-state index in [-0.39, 0.29) is 5.91 Å². The summed E-state index contributed by atoms with van der Waals surface area (Å²) in [5.74, 6) is 0.565. The maximum absolute atomic E-state index is 11.8. The number of carbonyl (C=O) groups excluding carboxylic acids is 1. The molecule has 78 valence electrons. The van der Waals surface area contributed by atoms with Gasteiger partial charge in [-0.3, -0.25) is 4.79 Å². The predicted molar refractivity (Wildman–Crippen MR) is 53.1 cm³/mol. The van der Waals surface area contributed by atoms with Crippen molar-refractivity contribution in [2.75, 3.05) is 13.6 Å². The lowest BCUT2D eigenvalue weighted by molar-refractivity contribution is 0.0791. The Morgan fingerprint density at radius 3 is 2.86 bits per heavy atom. The van der Waals surface area contributed by atoms with Crippen molar-refractivity contribution >= 4 is 5.91 Å². The lowest BCUT2D eigenvalue weighted by atomic mass is 10.2. The molecule has 1 heterocycles. The smallest absolute Gasteiger partial charge is 0.258 e. The van der Waals surface area contributed by atoms with Gasteiger partial charge in [0.05, 0.1) is 6.20 Å². The minimum absolute atomic E-state index is 0.0165. The average Bonchev–Trinajstić information content (AvgIpc) is 2.59. The largest absolute Gasteiger partial charge is 0.361 e. The molecule has 0 aromatic carbocycles. The quantitative estimate of drug-likeness (QED) is 0.738. The summed E-state index contributed by atoms with van der Waals surface area (Å²) in [6.45, 7) is 4.62. The van der Waals surface area contributed by atoms with Gasteiger partial charge in [0.1, 0.15) is 11.3 Å². The van der Waals surface area contributed by atoms with Gasteiger partial charge >= 0.3 is 0 Å². The van der Waals surface area contributed by atoms with Crippen LogP contribution in [0.2, 0.25) is 0 Å². The molecule has 0 aliphatic heterocycles. The van der Waals surface area contributed by atoms with Crippen molar-refractivity contribution in [3.05, 3.63) is 17.5 Å². The Balaban J connectivity index is 2.61. The molecule has 1 amide bonds. The van der Waals surface area contributed by atoms with Crippen LogP contribution in [0.1, 0.15) is 35.9 Å². The van der Waals surface area contributed by atoms with Gasteiger partial charge in [-0.25, -0.2) is 0 Å². The predicted octanol–water partition coefficient (Wildman–Crippen LogP) is 1.86. The van der Waals surface area contributed by atoms with Crippen molar-refractivity contribution in [3.63, 3.8) is 0 Å². The number of aryl methyl sites for hydroxylation is 1. The van der Waals surface area contributed by atoms with Crippen LogP contribution in [0.4, 0.5) is 0 Å². The molecule has 0 saturated heterocycles. The van der Waals surface area contributed by atoms with E-state index in [9.17, 15) is 4.79 Å². The fraction of sp³-hybridized carbons (Fsp3) is 0.600. The molecule has 0 unspecified atom stereocenters. The Morgan fingerprint density at radius 1 is 1.64 bits per heavy atom. The number of rotatable bonds is 4. The van der Waals surface area contributed by atoms with Crippen LogP contribution in [0.5, 0.6) is 0 Å². The highest BCUT2D eigenvalue weighted by atomic mass is 16.5. The van der Waals surface area contributed by atoms with Gasteiger partial charge in [-0.1, -0.05) is 18.5 Å². The van der Waals surface area contributed by atoms with Crippen LogP contribution in [0.15, 0.2) is 10.7 Å². The monoisotopic (exact) mass is 196 g/mol. The van der Waals surface area contributed by atoms with Crippen molar-refractivity contribution in [1.82, 2.24) is 10.1 Å². The number of hydrogen-bond donors (Lipinski definition) is 0. The van der Waals surface area contributed by atoms with Gasteiger partial charge in [-0.2, -0.15) is 0 Å². The zero-order valence-electron chi connectivity index (χ0n) is 8.91. The van der Waals surface area contributed by atoms with Crippen LogP contribution in [-0.4, -0.2) is 29.6 Å². The Bertz CT molecular complexity index is 307. The van der Waals surface area contributed by atoms with Crippen LogP contribution in [-0.2, 0) is 0 Å². The van der Waals surface area contributed by atoms with Crippen molar-refractivity contribution in [3.8, 4) is 0 Å². The van der Waals surface area contributed by atoms with Gasteiger partial charge in [0, 0.05) is 13.6 Å². The summed E-state index contributed by atoms with van der Waals surface area (Å²) < 4.78 is 4.84. The number of amides is 1. The molecular formula is C10H16N2O2. The molecule has 14 heavy (non-hydrogen) atoms. The highest BCUT2D eigenvalue weighted by molar-refractivity contribution is 5.94. The zero-order chi connectivity index (χ0) is 10.6. The minimum Gasteiger partial charge on any atom is -0.361 e. The maximum atomic E-state index is 11.8. The van der Waals surface area contributed by atoms with Crippen LogP contribution in [0.3, 0.4) is 0 Å². The first kappa shape index (κ1) is 10.8. The molecule has 4 heteroatoms. The van der Waals surface area contributed by atoms with Crippen molar-refractivity contribution in [1.29, 1.82) is 0 Å². The molecule has 1 aromatic heterocycles. The molecule has 0 atom stereocenters. The second-order valence-corrected chi connectivity index (χ2v) is 3.38. The van der Waals surface area contributed by atoms with E-state index >= 15 is 0 Å². The standard InChI is InChI=1S/C10H16N2O2/c1-4-5-6-12(3)10(13)9-7-11-14-8(9)2/h7H,4-6H2,1-3H3. The average molecular weight is 196 g/mol.